The topological polar surface area (TPSA) is 61.6 Å². The molecule has 2 rings (SSSR count). The molecule has 1 fully saturated rings. The van der Waals surface area contributed by atoms with Gasteiger partial charge in [0.1, 0.15) is 0 Å². The third-order valence-electron chi connectivity index (χ3n) is 4.45. The predicted octanol–water partition coefficient (Wildman–Crippen LogP) is 1.54. The third-order valence-corrected chi connectivity index (χ3v) is 4.45. The van der Waals surface area contributed by atoms with Crippen LogP contribution in [-0.2, 0) is 4.79 Å². The van der Waals surface area contributed by atoms with Crippen molar-refractivity contribution in [2.24, 2.45) is 0 Å². The van der Waals surface area contributed by atoms with Gasteiger partial charge in [0.05, 0.1) is 6.54 Å². The van der Waals surface area contributed by atoms with Crippen molar-refractivity contribution in [2.45, 2.75) is 32.9 Å². The quantitative estimate of drug-likeness (QED) is 0.829. The molecule has 1 heterocycles. The maximum absolute atomic E-state index is 12.2. The van der Waals surface area contributed by atoms with Crippen LogP contribution in [0.1, 0.15) is 19.4 Å². The number of benzene rings is 1. The van der Waals surface area contributed by atoms with Crippen LogP contribution in [0.2, 0.25) is 0 Å². The van der Waals surface area contributed by atoms with Crippen LogP contribution in [0.25, 0.3) is 0 Å². The van der Waals surface area contributed by atoms with Gasteiger partial charge >= 0.3 is 0 Å². The monoisotopic (exact) mass is 290 g/mol. The van der Waals surface area contributed by atoms with E-state index in [1.807, 2.05) is 25.1 Å². The SMILES string of the molecule is Cc1c(N)cccc1NC(=O)CN1CC(C)N(C)C(C)C1. The molecule has 0 saturated carbocycles. The molecular weight excluding hydrogens is 264 g/mol. The van der Waals surface area contributed by atoms with E-state index >= 15 is 0 Å². The van der Waals surface area contributed by atoms with Gasteiger partial charge in [0.2, 0.25) is 5.91 Å². The summed E-state index contributed by atoms with van der Waals surface area (Å²) in [7, 11) is 2.14. The summed E-state index contributed by atoms with van der Waals surface area (Å²) in [6, 6.07) is 6.53. The number of carbonyl (C=O) groups excluding carboxylic acids is 1. The molecule has 1 amide bonds. The lowest BCUT2D eigenvalue weighted by Gasteiger charge is -2.42. The number of nitrogens with two attached hydrogens (primary N) is 1. The van der Waals surface area contributed by atoms with Gasteiger partial charge in [-0.2, -0.15) is 0 Å². The fourth-order valence-electron chi connectivity index (χ4n) is 2.82. The molecule has 5 heteroatoms. The van der Waals surface area contributed by atoms with Crippen LogP contribution in [-0.4, -0.2) is 54.5 Å². The van der Waals surface area contributed by atoms with E-state index in [0.717, 1.165) is 24.3 Å². The number of rotatable bonds is 3. The third kappa shape index (κ3) is 3.74. The second kappa shape index (κ2) is 6.45. The van der Waals surface area contributed by atoms with E-state index < -0.39 is 0 Å². The van der Waals surface area contributed by atoms with Gasteiger partial charge < -0.3 is 11.1 Å². The number of likely N-dealkylation sites (N-methyl/N-ethyl adjacent to an activating group) is 1. The standard InChI is InChI=1S/C16H26N4O/c1-11-8-20(9-12(2)19(11)4)10-16(21)18-15-7-5-6-14(17)13(15)3/h5-7,11-12H,8-10,17H2,1-4H3,(H,18,21). The molecule has 0 radical (unpaired) electrons. The molecule has 1 aliphatic rings. The van der Waals surface area contributed by atoms with E-state index in [9.17, 15) is 4.79 Å². The van der Waals surface area contributed by atoms with Crippen LogP contribution < -0.4 is 11.1 Å². The molecule has 5 nitrogen and oxygen atoms in total. The first kappa shape index (κ1) is 15.8. The number of amides is 1. The van der Waals surface area contributed by atoms with Gasteiger partial charge in [-0.3, -0.25) is 14.6 Å². The Kier molecular flexibility index (Phi) is 4.85. The second-order valence-corrected chi connectivity index (χ2v) is 6.13. The Balaban J connectivity index is 1.94. The number of nitrogen functional groups attached to an aromatic ring is 1. The van der Waals surface area contributed by atoms with Gasteiger partial charge in [0.15, 0.2) is 0 Å². The van der Waals surface area contributed by atoms with E-state index in [0.29, 0.717) is 24.3 Å². The van der Waals surface area contributed by atoms with Crippen molar-refractivity contribution in [3.63, 3.8) is 0 Å². The Morgan fingerprint density at radius 3 is 2.57 bits per heavy atom. The Morgan fingerprint density at radius 1 is 1.33 bits per heavy atom. The molecular formula is C16H26N4O. The van der Waals surface area contributed by atoms with E-state index in [-0.39, 0.29) is 5.91 Å². The number of piperazine rings is 1. The lowest BCUT2D eigenvalue weighted by atomic mass is 10.1. The van der Waals surface area contributed by atoms with Gasteiger partial charge in [0, 0.05) is 36.5 Å². The van der Waals surface area contributed by atoms with Crippen molar-refractivity contribution in [3.05, 3.63) is 23.8 Å². The van der Waals surface area contributed by atoms with Crippen molar-refractivity contribution in [1.82, 2.24) is 9.80 Å². The molecule has 0 bridgehead atoms. The molecule has 0 aliphatic carbocycles. The average Bonchev–Trinajstić information content (AvgIpc) is 2.41. The molecule has 1 aromatic carbocycles. The summed E-state index contributed by atoms with van der Waals surface area (Å²) in [5.41, 5.74) is 8.29. The maximum atomic E-state index is 12.2. The van der Waals surface area contributed by atoms with Gasteiger partial charge in [-0.25, -0.2) is 0 Å². The highest BCUT2D eigenvalue weighted by molar-refractivity contribution is 5.93. The maximum Gasteiger partial charge on any atom is 0.238 e. The number of nitrogens with one attached hydrogen (secondary N) is 1. The number of hydrogen-bond acceptors (Lipinski definition) is 4. The molecule has 1 aliphatic heterocycles. The zero-order chi connectivity index (χ0) is 15.6. The van der Waals surface area contributed by atoms with E-state index in [1.54, 1.807) is 0 Å². The molecule has 21 heavy (non-hydrogen) atoms. The summed E-state index contributed by atoms with van der Waals surface area (Å²) in [4.78, 5) is 16.8. The number of carbonyl (C=O) groups is 1. The number of hydrogen-bond donors (Lipinski definition) is 2. The Bertz CT molecular complexity index is 505. The van der Waals surface area contributed by atoms with Crippen molar-refractivity contribution in [2.75, 3.05) is 37.7 Å². The number of anilines is 2. The van der Waals surface area contributed by atoms with E-state index in [1.165, 1.54) is 0 Å². The highest BCUT2D eigenvalue weighted by Crippen LogP contribution is 2.20. The van der Waals surface area contributed by atoms with Crippen molar-refractivity contribution in [3.8, 4) is 0 Å². The van der Waals surface area contributed by atoms with Crippen molar-refractivity contribution >= 4 is 17.3 Å². The van der Waals surface area contributed by atoms with Crippen molar-refractivity contribution < 1.29 is 4.79 Å². The smallest absolute Gasteiger partial charge is 0.238 e. The minimum absolute atomic E-state index is 0.0210. The summed E-state index contributed by atoms with van der Waals surface area (Å²) in [6.07, 6.45) is 0. The minimum Gasteiger partial charge on any atom is -0.398 e. The Hall–Kier alpha value is -1.59. The van der Waals surface area contributed by atoms with Gasteiger partial charge in [-0.1, -0.05) is 6.07 Å². The molecule has 1 saturated heterocycles. The molecule has 0 aromatic heterocycles. The number of nitrogens with zero attached hydrogens (tertiary/aromatic N) is 2. The van der Waals surface area contributed by atoms with Gasteiger partial charge in [-0.05, 0) is 45.5 Å². The normalized spacial score (nSPS) is 24.0. The summed E-state index contributed by atoms with van der Waals surface area (Å²) in [5.74, 6) is 0.0210. The first-order valence-corrected chi connectivity index (χ1v) is 7.47. The summed E-state index contributed by atoms with van der Waals surface area (Å²) in [5, 5.41) is 2.96. The summed E-state index contributed by atoms with van der Waals surface area (Å²) in [6.45, 7) is 8.58. The first-order chi connectivity index (χ1) is 9.88. The van der Waals surface area contributed by atoms with Crippen LogP contribution in [0.4, 0.5) is 11.4 Å². The van der Waals surface area contributed by atoms with Crippen LogP contribution >= 0.6 is 0 Å². The summed E-state index contributed by atoms with van der Waals surface area (Å²) < 4.78 is 0. The lowest BCUT2D eigenvalue weighted by molar-refractivity contribution is -0.118. The van der Waals surface area contributed by atoms with Gasteiger partial charge in [-0.15, -0.1) is 0 Å². The van der Waals surface area contributed by atoms with Gasteiger partial charge in [0.25, 0.3) is 0 Å². The Morgan fingerprint density at radius 2 is 1.95 bits per heavy atom. The second-order valence-electron chi connectivity index (χ2n) is 6.13. The molecule has 0 spiro atoms. The predicted molar refractivity (Wildman–Crippen MR) is 87.3 cm³/mol. The zero-order valence-electron chi connectivity index (χ0n) is 13.4. The molecule has 3 N–H and O–H groups in total. The zero-order valence-corrected chi connectivity index (χ0v) is 13.4. The average molecular weight is 290 g/mol. The first-order valence-electron chi connectivity index (χ1n) is 7.47. The van der Waals surface area contributed by atoms with Crippen LogP contribution in [0, 0.1) is 6.92 Å². The Labute approximate surface area is 127 Å². The van der Waals surface area contributed by atoms with Crippen LogP contribution in [0.5, 0.6) is 0 Å². The highest BCUT2D eigenvalue weighted by Gasteiger charge is 2.27. The molecule has 2 unspecified atom stereocenters. The molecule has 2 atom stereocenters. The fourth-order valence-corrected chi connectivity index (χ4v) is 2.82. The summed E-state index contributed by atoms with van der Waals surface area (Å²) >= 11 is 0. The van der Waals surface area contributed by atoms with E-state index in [2.05, 4.69) is 36.0 Å². The molecule has 116 valence electrons. The lowest BCUT2D eigenvalue weighted by Crippen LogP contribution is -2.56. The molecule has 1 aromatic rings. The largest absolute Gasteiger partial charge is 0.398 e. The highest BCUT2D eigenvalue weighted by atomic mass is 16.2. The van der Waals surface area contributed by atoms with E-state index in [4.69, 9.17) is 5.73 Å². The van der Waals surface area contributed by atoms with Crippen LogP contribution in [0.3, 0.4) is 0 Å². The fraction of sp³-hybridized carbons (Fsp3) is 0.562. The van der Waals surface area contributed by atoms with Crippen molar-refractivity contribution in [1.29, 1.82) is 0 Å². The minimum atomic E-state index is 0.0210. The van der Waals surface area contributed by atoms with Crippen LogP contribution in [0.15, 0.2) is 18.2 Å².